The van der Waals surface area contributed by atoms with E-state index in [1.54, 1.807) is 4.68 Å². The molecular formula is C14H18ClN3O. The molecular weight excluding hydrogens is 262 g/mol. The van der Waals surface area contributed by atoms with Crippen molar-refractivity contribution in [2.24, 2.45) is 0 Å². The van der Waals surface area contributed by atoms with Crippen molar-refractivity contribution in [3.63, 3.8) is 0 Å². The van der Waals surface area contributed by atoms with Gasteiger partial charge in [-0.1, -0.05) is 43.7 Å². The highest BCUT2D eigenvalue weighted by Gasteiger charge is 2.25. The average molecular weight is 280 g/mol. The Labute approximate surface area is 118 Å². The zero-order valence-corrected chi connectivity index (χ0v) is 12.4. The fourth-order valence-corrected chi connectivity index (χ4v) is 2.24. The molecule has 0 amide bonds. The summed E-state index contributed by atoms with van der Waals surface area (Å²) < 4.78 is 1.75. The summed E-state index contributed by atoms with van der Waals surface area (Å²) in [4.78, 5) is 0. The van der Waals surface area contributed by atoms with Crippen LogP contribution in [0, 0.1) is 6.92 Å². The van der Waals surface area contributed by atoms with Gasteiger partial charge in [0, 0.05) is 10.4 Å². The van der Waals surface area contributed by atoms with E-state index in [9.17, 15) is 5.11 Å². The van der Waals surface area contributed by atoms with Crippen molar-refractivity contribution in [2.75, 3.05) is 0 Å². The highest BCUT2D eigenvalue weighted by molar-refractivity contribution is 6.31. The predicted molar refractivity (Wildman–Crippen MR) is 75.7 cm³/mol. The second-order valence-corrected chi connectivity index (χ2v) is 6.05. The number of aliphatic hydroxyl groups excluding tert-OH is 1. The number of nitrogens with zero attached hydrogens (tertiary/aromatic N) is 3. The van der Waals surface area contributed by atoms with Gasteiger partial charge in [0.1, 0.15) is 5.69 Å². The second kappa shape index (κ2) is 4.94. The van der Waals surface area contributed by atoms with Gasteiger partial charge in [-0.25, -0.2) is 4.68 Å². The van der Waals surface area contributed by atoms with E-state index in [1.807, 2.05) is 25.1 Å². The van der Waals surface area contributed by atoms with Crippen LogP contribution >= 0.6 is 11.6 Å². The first-order chi connectivity index (χ1) is 8.84. The lowest BCUT2D eigenvalue weighted by Crippen LogP contribution is -2.19. The van der Waals surface area contributed by atoms with Crippen LogP contribution in [0.15, 0.2) is 18.2 Å². The summed E-state index contributed by atoms with van der Waals surface area (Å²) >= 11 is 6.16. The van der Waals surface area contributed by atoms with Crippen LogP contribution in [0.3, 0.4) is 0 Å². The Morgan fingerprint density at radius 3 is 2.53 bits per heavy atom. The Kier molecular flexibility index (Phi) is 3.65. The molecule has 4 nitrogen and oxygen atoms in total. The van der Waals surface area contributed by atoms with Crippen molar-refractivity contribution in [3.8, 4) is 5.69 Å². The van der Waals surface area contributed by atoms with Gasteiger partial charge < -0.3 is 5.11 Å². The zero-order valence-electron chi connectivity index (χ0n) is 11.6. The molecule has 1 N–H and O–H groups in total. The maximum absolute atomic E-state index is 9.40. The molecule has 0 radical (unpaired) electrons. The van der Waals surface area contributed by atoms with Crippen LogP contribution in [0.5, 0.6) is 0 Å². The van der Waals surface area contributed by atoms with Crippen LogP contribution in [-0.4, -0.2) is 20.1 Å². The first-order valence-electron chi connectivity index (χ1n) is 6.17. The normalized spacial score (nSPS) is 11.9. The summed E-state index contributed by atoms with van der Waals surface area (Å²) in [6, 6.07) is 5.76. The van der Waals surface area contributed by atoms with Crippen molar-refractivity contribution in [3.05, 3.63) is 40.2 Å². The standard InChI is InChI=1S/C14H18ClN3O/c1-9-5-6-10(7-11(9)15)18-13(14(2,3)4)12(8-19)16-17-18/h5-7,19H,8H2,1-4H3. The largest absolute Gasteiger partial charge is 0.390 e. The number of aryl methyl sites for hydroxylation is 1. The van der Waals surface area contributed by atoms with Crippen LogP contribution in [0.25, 0.3) is 5.69 Å². The van der Waals surface area contributed by atoms with Crippen LogP contribution in [0.1, 0.15) is 37.7 Å². The molecule has 0 bridgehead atoms. The maximum atomic E-state index is 9.40. The zero-order chi connectivity index (χ0) is 14.2. The lowest BCUT2D eigenvalue weighted by atomic mass is 9.90. The molecule has 1 aromatic heterocycles. The van der Waals surface area contributed by atoms with E-state index in [-0.39, 0.29) is 12.0 Å². The number of rotatable bonds is 2. The summed E-state index contributed by atoms with van der Waals surface area (Å²) in [6.07, 6.45) is 0. The van der Waals surface area contributed by atoms with Crippen molar-refractivity contribution in [1.82, 2.24) is 15.0 Å². The summed E-state index contributed by atoms with van der Waals surface area (Å²) in [5.41, 5.74) is 3.20. The Balaban J connectivity index is 2.62. The molecule has 2 rings (SSSR count). The number of aliphatic hydroxyl groups is 1. The molecule has 1 aromatic carbocycles. The molecule has 5 heteroatoms. The summed E-state index contributed by atoms with van der Waals surface area (Å²) in [5, 5.41) is 18.3. The molecule has 0 saturated heterocycles. The lowest BCUT2D eigenvalue weighted by molar-refractivity contribution is 0.273. The van der Waals surface area contributed by atoms with Gasteiger partial charge in [-0.15, -0.1) is 5.10 Å². The Hall–Kier alpha value is -1.39. The first-order valence-corrected chi connectivity index (χ1v) is 6.55. The quantitative estimate of drug-likeness (QED) is 0.919. The fraction of sp³-hybridized carbons (Fsp3) is 0.429. The smallest absolute Gasteiger partial charge is 0.112 e. The third-order valence-electron chi connectivity index (χ3n) is 3.00. The van der Waals surface area contributed by atoms with E-state index in [2.05, 4.69) is 31.1 Å². The number of hydrogen-bond acceptors (Lipinski definition) is 3. The number of benzene rings is 1. The highest BCUT2D eigenvalue weighted by Crippen LogP contribution is 2.28. The maximum Gasteiger partial charge on any atom is 0.112 e. The van der Waals surface area contributed by atoms with E-state index in [4.69, 9.17) is 11.6 Å². The minimum absolute atomic E-state index is 0.119. The van der Waals surface area contributed by atoms with Crippen LogP contribution < -0.4 is 0 Å². The molecule has 0 atom stereocenters. The van der Waals surface area contributed by atoms with Crippen molar-refractivity contribution >= 4 is 11.6 Å². The fourth-order valence-electron chi connectivity index (χ4n) is 2.06. The molecule has 0 spiro atoms. The van der Waals surface area contributed by atoms with E-state index in [0.29, 0.717) is 10.7 Å². The third-order valence-corrected chi connectivity index (χ3v) is 3.41. The van der Waals surface area contributed by atoms with Gasteiger partial charge in [-0.3, -0.25) is 0 Å². The third kappa shape index (κ3) is 2.65. The molecule has 2 aromatic rings. The number of halogens is 1. The van der Waals surface area contributed by atoms with E-state index >= 15 is 0 Å². The molecule has 0 saturated carbocycles. The van der Waals surface area contributed by atoms with E-state index in [0.717, 1.165) is 16.9 Å². The first kappa shape index (κ1) is 14.0. The van der Waals surface area contributed by atoms with E-state index in [1.165, 1.54) is 0 Å². The monoisotopic (exact) mass is 279 g/mol. The van der Waals surface area contributed by atoms with Crippen LogP contribution in [0.4, 0.5) is 0 Å². The van der Waals surface area contributed by atoms with Gasteiger partial charge in [0.05, 0.1) is 18.0 Å². The van der Waals surface area contributed by atoms with Crippen LogP contribution in [0.2, 0.25) is 5.02 Å². The van der Waals surface area contributed by atoms with Crippen LogP contribution in [-0.2, 0) is 12.0 Å². The van der Waals surface area contributed by atoms with Gasteiger partial charge in [-0.05, 0) is 24.6 Å². The Morgan fingerprint density at radius 1 is 1.32 bits per heavy atom. The van der Waals surface area contributed by atoms with Gasteiger partial charge in [0.2, 0.25) is 0 Å². The molecule has 0 fully saturated rings. The minimum Gasteiger partial charge on any atom is -0.390 e. The minimum atomic E-state index is -0.168. The average Bonchev–Trinajstić information content (AvgIpc) is 2.76. The molecule has 0 aliphatic rings. The predicted octanol–water partition coefficient (Wildman–Crippen LogP) is 3.02. The van der Waals surface area contributed by atoms with Gasteiger partial charge in [-0.2, -0.15) is 0 Å². The summed E-state index contributed by atoms with van der Waals surface area (Å²) in [5.74, 6) is 0. The molecule has 0 unspecified atom stereocenters. The van der Waals surface area contributed by atoms with Crippen molar-refractivity contribution in [1.29, 1.82) is 0 Å². The molecule has 102 valence electrons. The lowest BCUT2D eigenvalue weighted by Gasteiger charge is -2.21. The summed E-state index contributed by atoms with van der Waals surface area (Å²) in [6.45, 7) is 8.04. The topological polar surface area (TPSA) is 50.9 Å². The highest BCUT2D eigenvalue weighted by atomic mass is 35.5. The van der Waals surface area contributed by atoms with Crippen molar-refractivity contribution in [2.45, 2.75) is 39.7 Å². The molecule has 0 aliphatic carbocycles. The van der Waals surface area contributed by atoms with Gasteiger partial charge in [0.15, 0.2) is 0 Å². The number of hydrogen-bond donors (Lipinski definition) is 1. The van der Waals surface area contributed by atoms with Gasteiger partial charge >= 0.3 is 0 Å². The summed E-state index contributed by atoms with van der Waals surface area (Å²) in [7, 11) is 0. The molecule has 1 heterocycles. The van der Waals surface area contributed by atoms with Gasteiger partial charge in [0.25, 0.3) is 0 Å². The second-order valence-electron chi connectivity index (χ2n) is 5.64. The Bertz CT molecular complexity index is 599. The number of aromatic nitrogens is 3. The SMILES string of the molecule is Cc1ccc(-n2nnc(CO)c2C(C)(C)C)cc1Cl. The molecule has 19 heavy (non-hydrogen) atoms. The van der Waals surface area contributed by atoms with E-state index < -0.39 is 0 Å². The van der Waals surface area contributed by atoms with Crippen molar-refractivity contribution < 1.29 is 5.11 Å². The molecule has 0 aliphatic heterocycles. The Morgan fingerprint density at radius 2 is 2.00 bits per heavy atom.